The molecule has 0 heterocycles. The van der Waals surface area contributed by atoms with E-state index in [1.54, 1.807) is 31.2 Å². The summed E-state index contributed by atoms with van der Waals surface area (Å²) in [6.07, 6.45) is 1.53. The molecule has 13 nitrogen and oxygen atoms in total. The number of ketones is 2. The van der Waals surface area contributed by atoms with Gasteiger partial charge in [-0.25, -0.2) is 4.79 Å². The van der Waals surface area contributed by atoms with E-state index in [-0.39, 0.29) is 70.0 Å². The molecule has 5 rings (SSSR count). The number of carboxylic acids is 1. The summed E-state index contributed by atoms with van der Waals surface area (Å²) in [6.45, 7) is 4.68. The Morgan fingerprint density at radius 3 is 1.85 bits per heavy atom. The van der Waals surface area contributed by atoms with Crippen LogP contribution in [0.4, 0.5) is 17.1 Å². The molecule has 5 aromatic rings. The van der Waals surface area contributed by atoms with Crippen molar-refractivity contribution in [1.29, 1.82) is 5.26 Å². The number of amides is 3. The second kappa shape index (κ2) is 18.9. The third-order valence-corrected chi connectivity index (χ3v) is 9.65. The molecule has 0 radical (unpaired) electrons. The number of allylic oxidation sites excluding steroid dienone is 1. The molecule has 298 valence electrons. The van der Waals surface area contributed by atoms with Gasteiger partial charge in [-0.2, -0.15) is 5.26 Å². The van der Waals surface area contributed by atoms with Gasteiger partial charge in [-0.05, 0) is 92.1 Å². The minimum atomic E-state index is -1.34. The van der Waals surface area contributed by atoms with Crippen molar-refractivity contribution >= 4 is 58.4 Å². The van der Waals surface area contributed by atoms with E-state index in [0.29, 0.717) is 16.8 Å². The summed E-state index contributed by atoms with van der Waals surface area (Å²) in [4.78, 5) is 76.5. The summed E-state index contributed by atoms with van der Waals surface area (Å²) in [5, 5.41) is 47.6. The average Bonchev–Trinajstić information content (AvgIpc) is 3.21. The number of phenolic OH excluding ortho intramolecular Hbond substituents is 1. The first-order chi connectivity index (χ1) is 28.2. The minimum absolute atomic E-state index is 0.0540. The molecule has 0 fully saturated rings. The summed E-state index contributed by atoms with van der Waals surface area (Å²) in [5.41, 5.74) is 3.28. The zero-order valence-corrected chi connectivity index (χ0v) is 32.3. The molecule has 5 aromatic carbocycles. The Bertz CT molecular complexity index is 2520. The van der Waals surface area contributed by atoms with E-state index in [9.17, 15) is 49.3 Å². The Labute approximate surface area is 339 Å². The van der Waals surface area contributed by atoms with Crippen molar-refractivity contribution in [2.75, 3.05) is 16.0 Å². The lowest BCUT2D eigenvalue weighted by Gasteiger charge is -2.15. The molecule has 0 saturated heterocycles. The Morgan fingerprint density at radius 1 is 0.695 bits per heavy atom. The van der Waals surface area contributed by atoms with E-state index in [1.807, 2.05) is 42.5 Å². The number of benzene rings is 5. The predicted molar refractivity (Wildman–Crippen MR) is 222 cm³/mol. The molecule has 13 heteroatoms. The number of rotatable bonds is 15. The highest BCUT2D eigenvalue weighted by molar-refractivity contribution is 6.09. The maximum atomic E-state index is 13.2. The fourth-order valence-corrected chi connectivity index (χ4v) is 6.08. The molecule has 3 amide bonds. The number of nitrogens with zero attached hydrogens (tertiary/aromatic N) is 1. The number of hydrogen-bond donors (Lipinski definition) is 6. The van der Waals surface area contributed by atoms with Crippen molar-refractivity contribution in [3.8, 4) is 17.6 Å². The minimum Gasteiger partial charge on any atom is -0.507 e. The van der Waals surface area contributed by atoms with Crippen LogP contribution in [0.25, 0.3) is 6.08 Å². The molecule has 0 bridgehead atoms. The molecule has 6 N–H and O–H groups in total. The van der Waals surface area contributed by atoms with Crippen molar-refractivity contribution < 1.29 is 44.1 Å². The maximum absolute atomic E-state index is 13.2. The second-order valence-electron chi connectivity index (χ2n) is 13.8. The SMILES string of the molecule is C/C(=C\c1ccccc1)C(=O)Cc1ccc(C(=O)CC(CC#N)C(=O)Nc2ccc(C(=O)Nc3ccc(C(=O)Nc4ccc(C(=O)O)c(O)c4C)c(O)c3C)cc2)cc1. The Hall–Kier alpha value is -7.85. The number of Topliss-reactive ketones (excluding diaryl/α,β-unsaturated/α-hetero) is 2. The van der Waals surface area contributed by atoms with Crippen LogP contribution in [0.2, 0.25) is 0 Å². The Morgan fingerprint density at radius 2 is 1.25 bits per heavy atom. The van der Waals surface area contributed by atoms with Crippen molar-refractivity contribution in [1.82, 2.24) is 0 Å². The first kappa shape index (κ1) is 42.3. The molecule has 1 atom stereocenters. The quantitative estimate of drug-likeness (QED) is 0.0444. The maximum Gasteiger partial charge on any atom is 0.339 e. The van der Waals surface area contributed by atoms with Crippen molar-refractivity contribution in [3.05, 3.63) is 153 Å². The lowest BCUT2D eigenvalue weighted by Crippen LogP contribution is -2.25. The fourth-order valence-electron chi connectivity index (χ4n) is 6.08. The van der Waals surface area contributed by atoms with Gasteiger partial charge in [-0.15, -0.1) is 0 Å². The first-order valence-corrected chi connectivity index (χ1v) is 18.3. The zero-order valence-electron chi connectivity index (χ0n) is 32.3. The summed E-state index contributed by atoms with van der Waals surface area (Å²) >= 11 is 0. The number of hydrogen-bond acceptors (Lipinski definition) is 9. The van der Waals surface area contributed by atoms with Gasteiger partial charge in [0, 0.05) is 58.6 Å². The normalized spacial score (nSPS) is 11.5. The van der Waals surface area contributed by atoms with Gasteiger partial charge in [0.05, 0.1) is 17.6 Å². The standard InChI is InChI=1S/C46H40N4O9/c1-26(23-29-7-5-4-6-8-29)39(51)24-30-9-11-31(12-10-30)40(52)25-33(21-22-47)44(56)48-34-15-13-32(14-16-34)43(55)49-37-19-17-35(41(53)27(37)2)45(57)50-38-20-18-36(46(58)59)42(54)28(38)3/h4-20,23,33,53-54H,21,24-25H2,1-3H3,(H,48,56)(H,49,55)(H,50,57)(H,58,59)/b26-23+. The van der Waals surface area contributed by atoms with Crippen LogP contribution >= 0.6 is 0 Å². The number of aromatic carboxylic acids is 1. The average molecular weight is 793 g/mol. The molecule has 1 unspecified atom stereocenters. The van der Waals surface area contributed by atoms with Crippen LogP contribution in [0.3, 0.4) is 0 Å². The number of carbonyl (C=O) groups is 6. The van der Waals surface area contributed by atoms with Crippen LogP contribution in [-0.2, 0) is 16.0 Å². The molecule has 0 aliphatic heterocycles. The van der Waals surface area contributed by atoms with E-state index >= 15 is 0 Å². The van der Waals surface area contributed by atoms with Gasteiger partial charge in [0.1, 0.15) is 17.1 Å². The highest BCUT2D eigenvalue weighted by atomic mass is 16.4. The van der Waals surface area contributed by atoms with Crippen molar-refractivity contribution in [2.24, 2.45) is 5.92 Å². The molecule has 0 aliphatic rings. The smallest absolute Gasteiger partial charge is 0.339 e. The van der Waals surface area contributed by atoms with Gasteiger partial charge < -0.3 is 31.3 Å². The number of nitrogens with one attached hydrogen (secondary N) is 3. The van der Waals surface area contributed by atoms with Crippen molar-refractivity contribution in [2.45, 2.75) is 40.0 Å². The van der Waals surface area contributed by atoms with E-state index in [1.165, 1.54) is 56.3 Å². The van der Waals surface area contributed by atoms with Crippen LogP contribution in [0.5, 0.6) is 11.5 Å². The second-order valence-corrected chi connectivity index (χ2v) is 13.8. The van der Waals surface area contributed by atoms with Gasteiger partial charge in [0.2, 0.25) is 5.91 Å². The zero-order chi connectivity index (χ0) is 42.8. The highest BCUT2D eigenvalue weighted by Crippen LogP contribution is 2.32. The number of aromatic hydroxyl groups is 2. The lowest BCUT2D eigenvalue weighted by molar-refractivity contribution is -0.119. The Kier molecular flexibility index (Phi) is 13.5. The van der Waals surface area contributed by atoms with Crippen molar-refractivity contribution in [3.63, 3.8) is 0 Å². The topological polar surface area (TPSA) is 223 Å². The third-order valence-electron chi connectivity index (χ3n) is 9.65. The molecular formula is C46H40N4O9. The fraction of sp³-hybridized carbons (Fsp3) is 0.152. The number of carboxylic acid groups (broad SMARTS) is 1. The van der Waals surface area contributed by atoms with E-state index in [2.05, 4.69) is 16.0 Å². The van der Waals surface area contributed by atoms with Gasteiger partial charge in [0.25, 0.3) is 11.8 Å². The molecular weight excluding hydrogens is 753 g/mol. The summed E-state index contributed by atoms with van der Waals surface area (Å²) < 4.78 is 0. The van der Waals surface area contributed by atoms with Crippen LogP contribution in [0.1, 0.15) is 83.5 Å². The van der Waals surface area contributed by atoms with Crippen LogP contribution in [0, 0.1) is 31.1 Å². The molecule has 0 saturated carbocycles. The largest absolute Gasteiger partial charge is 0.507 e. The number of nitriles is 1. The van der Waals surface area contributed by atoms with Crippen LogP contribution in [-0.4, -0.2) is 50.6 Å². The van der Waals surface area contributed by atoms with Crippen LogP contribution in [0.15, 0.2) is 109 Å². The molecule has 59 heavy (non-hydrogen) atoms. The third kappa shape index (κ3) is 10.5. The monoisotopic (exact) mass is 792 g/mol. The first-order valence-electron chi connectivity index (χ1n) is 18.3. The number of phenols is 2. The number of anilines is 3. The molecule has 0 spiro atoms. The van der Waals surface area contributed by atoms with Gasteiger partial charge in [0.15, 0.2) is 11.6 Å². The summed E-state index contributed by atoms with van der Waals surface area (Å²) in [6, 6.07) is 29.1. The predicted octanol–water partition coefficient (Wildman–Crippen LogP) is 7.87. The highest BCUT2D eigenvalue weighted by Gasteiger charge is 2.24. The molecule has 0 aromatic heterocycles. The summed E-state index contributed by atoms with van der Waals surface area (Å²) in [7, 11) is 0. The number of carbonyl (C=O) groups excluding carboxylic acids is 5. The van der Waals surface area contributed by atoms with E-state index in [4.69, 9.17) is 0 Å². The summed E-state index contributed by atoms with van der Waals surface area (Å²) in [5.74, 6) is -5.48. The molecule has 0 aliphatic carbocycles. The Balaban J connectivity index is 1.16. The van der Waals surface area contributed by atoms with Gasteiger partial charge in [-0.1, -0.05) is 54.6 Å². The lowest BCUT2D eigenvalue weighted by atomic mass is 9.94. The van der Waals surface area contributed by atoms with E-state index < -0.39 is 41.1 Å². The van der Waals surface area contributed by atoms with Crippen LogP contribution < -0.4 is 16.0 Å². The van der Waals surface area contributed by atoms with Gasteiger partial charge >= 0.3 is 5.97 Å². The van der Waals surface area contributed by atoms with Gasteiger partial charge in [-0.3, -0.25) is 24.0 Å². The van der Waals surface area contributed by atoms with E-state index in [0.717, 1.165) is 17.2 Å².